The number of rotatable bonds is 4. The summed E-state index contributed by atoms with van der Waals surface area (Å²) in [6.45, 7) is 6.13. The molecule has 0 amide bonds. The van der Waals surface area contributed by atoms with Crippen LogP contribution < -0.4 is 0 Å². The second kappa shape index (κ2) is 7.04. The molecule has 21 heavy (non-hydrogen) atoms. The highest BCUT2D eigenvalue weighted by atomic mass is 17.5. The van der Waals surface area contributed by atoms with Crippen molar-refractivity contribution in [1.29, 1.82) is 0 Å². The number of hydrogen-bond donors (Lipinski definition) is 0. The third kappa shape index (κ3) is 3.70. The molecule has 0 heterocycles. The Morgan fingerprint density at radius 1 is 1.00 bits per heavy atom. The predicted molar refractivity (Wildman–Crippen MR) is 75.1 cm³/mol. The summed E-state index contributed by atoms with van der Waals surface area (Å²) in [7, 11) is 0. The topological polar surface area (TPSA) is 61.8 Å². The zero-order chi connectivity index (χ0) is 15.2. The predicted octanol–water partition coefficient (Wildman–Crippen LogP) is 2.68. The lowest BCUT2D eigenvalue weighted by Crippen LogP contribution is -2.12. The average molecular weight is 290 g/mol. The number of carbonyl (C=O) groups is 2. The summed E-state index contributed by atoms with van der Waals surface area (Å²) < 4.78 is 0. The van der Waals surface area contributed by atoms with Gasteiger partial charge in [0.2, 0.25) is 0 Å². The smallest absolute Gasteiger partial charge is 0.255 e. The summed E-state index contributed by atoms with van der Waals surface area (Å²) in [6, 6.07) is 0. The molecule has 0 aromatic carbocycles. The monoisotopic (exact) mass is 290 g/mol. The maximum atomic E-state index is 10.2. The molecule has 4 atom stereocenters. The Labute approximate surface area is 123 Å². The summed E-state index contributed by atoms with van der Waals surface area (Å²) in [5, 5.41) is 3.70. The third-order valence-corrected chi connectivity index (χ3v) is 4.02. The van der Waals surface area contributed by atoms with E-state index in [2.05, 4.69) is 52.3 Å². The van der Waals surface area contributed by atoms with Crippen molar-refractivity contribution in [1.82, 2.24) is 0 Å². The molecule has 0 N–H and O–H groups in total. The van der Waals surface area contributed by atoms with E-state index in [0.717, 1.165) is 35.8 Å². The summed E-state index contributed by atoms with van der Waals surface area (Å²) in [5.74, 6) is 2.10. The Morgan fingerprint density at radius 3 is 2.19 bits per heavy atom. The minimum absolute atomic E-state index is 0.849. The summed E-state index contributed by atoms with van der Waals surface area (Å²) in [5.41, 5.74) is 0. The van der Waals surface area contributed by atoms with Gasteiger partial charge in [0, 0.05) is 17.2 Å². The zero-order valence-corrected chi connectivity index (χ0v) is 11.6. The van der Waals surface area contributed by atoms with Gasteiger partial charge in [-0.15, -0.1) is 0 Å². The van der Waals surface area contributed by atoms with E-state index < -0.39 is 11.9 Å². The lowest BCUT2D eigenvalue weighted by molar-refractivity contribution is -0.455. The van der Waals surface area contributed by atoms with Gasteiger partial charge in [0.1, 0.15) is 0 Å². The first kappa shape index (κ1) is 15.3. The molecule has 3 aliphatic carbocycles. The quantitative estimate of drug-likeness (QED) is 0.345. The fraction of sp³-hybridized carbons (Fsp3) is 0.375. The first-order valence-electron chi connectivity index (χ1n) is 6.84. The van der Waals surface area contributed by atoms with Gasteiger partial charge in [-0.1, -0.05) is 37.5 Å². The molecule has 0 aliphatic heterocycles. The van der Waals surface area contributed by atoms with Gasteiger partial charge in [0.05, 0.1) is 0 Å². The SMILES string of the molecule is C1=CC2C3C=CC(C3)C2C1.C=CC(=O)OOOC(=O)C=C. The standard InChI is InChI=1S/C10H12.C6H6O5/c1-2-9-7-4-5-8(6-7)10(9)3-1;1-3-5(7)9-11-10-6(8)4-2/h1-2,4-5,7-10H,3,6H2;3-4H,1-2H2. The molecule has 5 nitrogen and oxygen atoms in total. The molecule has 2 bridgehead atoms. The van der Waals surface area contributed by atoms with E-state index in [1.54, 1.807) is 0 Å². The molecule has 3 aliphatic rings. The minimum atomic E-state index is -0.859. The van der Waals surface area contributed by atoms with Gasteiger partial charge in [-0.25, -0.2) is 9.59 Å². The van der Waals surface area contributed by atoms with Crippen LogP contribution in [0.15, 0.2) is 49.6 Å². The van der Waals surface area contributed by atoms with Crippen molar-refractivity contribution in [2.75, 3.05) is 0 Å². The van der Waals surface area contributed by atoms with Gasteiger partial charge in [-0.3, -0.25) is 9.78 Å². The first-order valence-corrected chi connectivity index (χ1v) is 6.84. The molecule has 0 aromatic rings. The van der Waals surface area contributed by atoms with Gasteiger partial charge >= 0.3 is 11.9 Å². The van der Waals surface area contributed by atoms with Crippen LogP contribution in [-0.4, -0.2) is 11.9 Å². The van der Waals surface area contributed by atoms with E-state index >= 15 is 0 Å². The zero-order valence-electron chi connectivity index (χ0n) is 11.6. The van der Waals surface area contributed by atoms with Gasteiger partial charge in [-0.2, -0.15) is 0 Å². The van der Waals surface area contributed by atoms with Crippen molar-refractivity contribution in [2.45, 2.75) is 12.8 Å². The van der Waals surface area contributed by atoms with E-state index in [-0.39, 0.29) is 0 Å². The molecule has 0 radical (unpaired) electrons. The lowest BCUT2D eigenvalue weighted by Gasteiger charge is -2.18. The Hall–Kier alpha value is -2.14. The second-order valence-corrected chi connectivity index (χ2v) is 5.13. The lowest BCUT2D eigenvalue weighted by atomic mass is 9.86. The van der Waals surface area contributed by atoms with Crippen molar-refractivity contribution in [3.8, 4) is 0 Å². The fourth-order valence-corrected chi connectivity index (χ4v) is 3.13. The molecule has 5 heteroatoms. The van der Waals surface area contributed by atoms with E-state index in [9.17, 15) is 9.59 Å². The van der Waals surface area contributed by atoms with Crippen LogP contribution in [0.3, 0.4) is 0 Å². The van der Waals surface area contributed by atoms with Crippen LogP contribution in [0.25, 0.3) is 0 Å². The molecule has 0 aromatic heterocycles. The molecule has 0 spiro atoms. The van der Waals surface area contributed by atoms with Crippen LogP contribution in [0, 0.1) is 23.7 Å². The summed E-state index contributed by atoms with van der Waals surface area (Å²) >= 11 is 0. The summed E-state index contributed by atoms with van der Waals surface area (Å²) in [6.07, 6.45) is 14.2. The van der Waals surface area contributed by atoms with Crippen molar-refractivity contribution in [3.05, 3.63) is 49.6 Å². The van der Waals surface area contributed by atoms with Crippen molar-refractivity contribution in [2.24, 2.45) is 23.7 Å². The van der Waals surface area contributed by atoms with Crippen molar-refractivity contribution < 1.29 is 24.4 Å². The van der Waals surface area contributed by atoms with Crippen LogP contribution in [0.1, 0.15) is 12.8 Å². The second-order valence-electron chi connectivity index (χ2n) is 5.13. The van der Waals surface area contributed by atoms with E-state index in [1.165, 1.54) is 12.8 Å². The molecule has 1 saturated carbocycles. The Bertz CT molecular complexity index is 471. The average Bonchev–Trinajstić information content (AvgIpc) is 3.20. The van der Waals surface area contributed by atoms with Crippen LogP contribution in [0.5, 0.6) is 0 Å². The van der Waals surface area contributed by atoms with E-state index in [4.69, 9.17) is 0 Å². The van der Waals surface area contributed by atoms with Crippen LogP contribution >= 0.6 is 0 Å². The van der Waals surface area contributed by atoms with E-state index in [1.807, 2.05) is 0 Å². The highest BCUT2D eigenvalue weighted by molar-refractivity contribution is 5.81. The normalized spacial score (nSPS) is 30.1. The Balaban J connectivity index is 0.000000153. The molecule has 0 saturated heterocycles. The number of allylic oxidation sites excluding steroid dienone is 4. The van der Waals surface area contributed by atoms with Crippen LogP contribution in [0.4, 0.5) is 0 Å². The molecule has 1 fully saturated rings. The number of carbonyl (C=O) groups excluding carboxylic acids is 2. The van der Waals surface area contributed by atoms with Gasteiger partial charge in [0.25, 0.3) is 0 Å². The molecular weight excluding hydrogens is 272 g/mol. The highest BCUT2D eigenvalue weighted by Crippen LogP contribution is 2.52. The van der Waals surface area contributed by atoms with Crippen LogP contribution in [-0.2, 0) is 24.4 Å². The number of hydrogen-bond acceptors (Lipinski definition) is 5. The van der Waals surface area contributed by atoms with Crippen LogP contribution in [0.2, 0.25) is 0 Å². The van der Waals surface area contributed by atoms with Gasteiger partial charge in [0.15, 0.2) is 0 Å². The van der Waals surface area contributed by atoms with E-state index in [0.29, 0.717) is 0 Å². The van der Waals surface area contributed by atoms with Gasteiger partial charge in [-0.05, 0) is 36.5 Å². The molecule has 4 unspecified atom stereocenters. The Kier molecular flexibility index (Phi) is 5.11. The highest BCUT2D eigenvalue weighted by Gasteiger charge is 2.44. The molecule has 3 rings (SSSR count). The Morgan fingerprint density at radius 2 is 1.62 bits per heavy atom. The minimum Gasteiger partial charge on any atom is -0.255 e. The largest absolute Gasteiger partial charge is 0.369 e. The third-order valence-electron chi connectivity index (χ3n) is 4.02. The fourth-order valence-electron chi connectivity index (χ4n) is 3.13. The maximum Gasteiger partial charge on any atom is 0.369 e. The maximum absolute atomic E-state index is 10.2. The van der Waals surface area contributed by atoms with Gasteiger partial charge < -0.3 is 0 Å². The number of fused-ring (bicyclic) bond motifs is 5. The van der Waals surface area contributed by atoms with Crippen molar-refractivity contribution in [3.63, 3.8) is 0 Å². The summed E-state index contributed by atoms with van der Waals surface area (Å²) in [4.78, 5) is 28.0. The molecule has 112 valence electrons. The van der Waals surface area contributed by atoms with Crippen molar-refractivity contribution >= 4 is 11.9 Å². The molecular formula is C16H18O5. The first-order chi connectivity index (χ1) is 10.2.